The van der Waals surface area contributed by atoms with Gasteiger partial charge in [0.05, 0.1) is 6.04 Å². The smallest absolute Gasteiger partial charge is 0.239 e. The van der Waals surface area contributed by atoms with Crippen molar-refractivity contribution >= 4 is 18.3 Å². The number of hydrogen-bond donors (Lipinski definition) is 1. The maximum atomic E-state index is 11.9. The molecule has 2 aliphatic rings. The molecule has 1 atom stereocenters. The summed E-state index contributed by atoms with van der Waals surface area (Å²) in [6.07, 6.45) is 5.09. The molecule has 3 nitrogen and oxygen atoms in total. The molecule has 1 heterocycles. The highest BCUT2D eigenvalue weighted by atomic mass is 35.5. The predicted octanol–water partition coefficient (Wildman–Crippen LogP) is 1.42. The van der Waals surface area contributed by atoms with Crippen molar-refractivity contribution in [1.82, 2.24) is 10.2 Å². The van der Waals surface area contributed by atoms with Crippen LogP contribution in [0.4, 0.5) is 0 Å². The van der Waals surface area contributed by atoms with Gasteiger partial charge in [0.15, 0.2) is 0 Å². The number of carbonyl (C=O) groups excluding carboxylic acids is 1. The fraction of sp³-hybridized carbons (Fsp3) is 0.909. The molecule has 0 aromatic rings. The van der Waals surface area contributed by atoms with Crippen LogP contribution >= 0.6 is 12.4 Å². The van der Waals surface area contributed by atoms with Gasteiger partial charge in [0, 0.05) is 19.6 Å². The van der Waals surface area contributed by atoms with Crippen LogP contribution in [-0.2, 0) is 4.79 Å². The number of hydrogen-bond acceptors (Lipinski definition) is 2. The van der Waals surface area contributed by atoms with Gasteiger partial charge in [0.1, 0.15) is 0 Å². The monoisotopic (exact) mass is 232 g/mol. The Morgan fingerprint density at radius 3 is 2.73 bits per heavy atom. The van der Waals surface area contributed by atoms with Crippen molar-refractivity contribution in [3.8, 4) is 0 Å². The van der Waals surface area contributed by atoms with Crippen molar-refractivity contribution in [2.45, 2.75) is 38.6 Å². The zero-order valence-corrected chi connectivity index (χ0v) is 10.2. The molecule has 1 saturated heterocycles. The molecule has 2 rings (SSSR count). The Labute approximate surface area is 98.0 Å². The number of nitrogens with one attached hydrogen (secondary N) is 1. The van der Waals surface area contributed by atoms with E-state index in [2.05, 4.69) is 12.2 Å². The van der Waals surface area contributed by atoms with Crippen LogP contribution in [0.3, 0.4) is 0 Å². The molecule has 1 N–H and O–H groups in total. The molecule has 1 unspecified atom stereocenters. The van der Waals surface area contributed by atoms with Gasteiger partial charge in [-0.1, -0.05) is 19.3 Å². The van der Waals surface area contributed by atoms with Crippen molar-refractivity contribution < 1.29 is 4.79 Å². The highest BCUT2D eigenvalue weighted by molar-refractivity contribution is 5.85. The van der Waals surface area contributed by atoms with Gasteiger partial charge in [-0.05, 0) is 19.3 Å². The largest absolute Gasteiger partial charge is 0.340 e. The first-order valence-corrected chi connectivity index (χ1v) is 5.83. The van der Waals surface area contributed by atoms with Gasteiger partial charge in [0.25, 0.3) is 0 Å². The Morgan fingerprint density at radius 1 is 1.47 bits per heavy atom. The third-order valence-corrected chi connectivity index (χ3v) is 3.56. The van der Waals surface area contributed by atoms with Gasteiger partial charge < -0.3 is 10.2 Å². The molecule has 0 aromatic heterocycles. The van der Waals surface area contributed by atoms with Crippen LogP contribution in [-0.4, -0.2) is 36.5 Å². The lowest BCUT2D eigenvalue weighted by Gasteiger charge is -2.36. The maximum Gasteiger partial charge on any atom is 0.239 e. The van der Waals surface area contributed by atoms with Crippen LogP contribution in [0.25, 0.3) is 0 Å². The quantitative estimate of drug-likeness (QED) is 0.798. The number of halogens is 1. The van der Waals surface area contributed by atoms with Crippen molar-refractivity contribution in [3.63, 3.8) is 0 Å². The van der Waals surface area contributed by atoms with Crippen LogP contribution in [0.1, 0.15) is 32.6 Å². The van der Waals surface area contributed by atoms with E-state index >= 15 is 0 Å². The lowest BCUT2D eigenvalue weighted by Crippen LogP contribution is -2.55. The summed E-state index contributed by atoms with van der Waals surface area (Å²) >= 11 is 0. The summed E-state index contributed by atoms with van der Waals surface area (Å²) in [6.45, 7) is 4.78. The summed E-state index contributed by atoms with van der Waals surface area (Å²) in [5, 5.41) is 3.34. The highest BCUT2D eigenvalue weighted by Crippen LogP contribution is 2.31. The van der Waals surface area contributed by atoms with Crippen molar-refractivity contribution in [2.24, 2.45) is 5.92 Å². The Hall–Kier alpha value is -0.280. The molecule has 88 valence electrons. The number of nitrogens with zero attached hydrogens (tertiary/aromatic N) is 1. The second kappa shape index (κ2) is 5.71. The van der Waals surface area contributed by atoms with Gasteiger partial charge in [0.2, 0.25) is 5.91 Å². The fourth-order valence-corrected chi connectivity index (χ4v) is 2.35. The molecule has 2 fully saturated rings. The summed E-state index contributed by atoms with van der Waals surface area (Å²) in [6, 6.07) is 0.119. The first-order chi connectivity index (χ1) is 6.81. The van der Waals surface area contributed by atoms with Crippen molar-refractivity contribution in [3.05, 3.63) is 0 Å². The number of likely N-dealkylation sites (N-methyl/N-ethyl adjacent to an activating group) is 1. The first kappa shape index (κ1) is 12.8. The van der Waals surface area contributed by atoms with E-state index in [1.165, 1.54) is 19.3 Å². The minimum absolute atomic E-state index is 0. The van der Waals surface area contributed by atoms with E-state index < -0.39 is 0 Å². The van der Waals surface area contributed by atoms with Gasteiger partial charge >= 0.3 is 0 Å². The molecule has 1 aliphatic carbocycles. The van der Waals surface area contributed by atoms with Gasteiger partial charge in [-0.2, -0.15) is 0 Å². The van der Waals surface area contributed by atoms with Crippen LogP contribution < -0.4 is 5.32 Å². The molecule has 1 aliphatic heterocycles. The lowest BCUT2D eigenvalue weighted by atomic mass is 9.80. The molecule has 1 amide bonds. The topological polar surface area (TPSA) is 32.3 Å². The van der Waals surface area contributed by atoms with Crippen LogP contribution in [0.15, 0.2) is 0 Å². The van der Waals surface area contributed by atoms with Gasteiger partial charge in [-0.25, -0.2) is 0 Å². The molecule has 15 heavy (non-hydrogen) atoms. The molecule has 0 radical (unpaired) electrons. The zero-order chi connectivity index (χ0) is 9.97. The average molecular weight is 233 g/mol. The summed E-state index contributed by atoms with van der Waals surface area (Å²) in [5.41, 5.74) is 0. The second-order valence-electron chi connectivity index (χ2n) is 4.46. The molecule has 0 aromatic carbocycles. The summed E-state index contributed by atoms with van der Waals surface area (Å²) in [7, 11) is 0. The van der Waals surface area contributed by atoms with Crippen molar-refractivity contribution in [1.29, 1.82) is 0 Å². The van der Waals surface area contributed by atoms with Gasteiger partial charge in [-0.15, -0.1) is 12.4 Å². The number of carbonyl (C=O) groups is 1. The lowest BCUT2D eigenvalue weighted by molar-refractivity contribution is -0.136. The summed E-state index contributed by atoms with van der Waals surface area (Å²) < 4.78 is 0. The maximum absolute atomic E-state index is 11.9. The van der Waals surface area contributed by atoms with Crippen molar-refractivity contribution in [2.75, 3.05) is 19.6 Å². The molecule has 0 bridgehead atoms. The number of piperazine rings is 1. The predicted molar refractivity (Wildman–Crippen MR) is 63.3 cm³/mol. The minimum atomic E-state index is 0. The molecule has 0 spiro atoms. The Kier molecular flexibility index (Phi) is 4.87. The Balaban J connectivity index is 0.00000112. The van der Waals surface area contributed by atoms with E-state index in [-0.39, 0.29) is 18.4 Å². The molecule has 4 heteroatoms. The van der Waals surface area contributed by atoms with Gasteiger partial charge in [-0.3, -0.25) is 4.79 Å². The standard InChI is InChI=1S/C11H20N2O.ClH/c1-2-13-7-6-12-10(11(13)14)8-9-4-3-5-9;/h9-10,12H,2-8H2,1H3;1H. The van der Waals surface area contributed by atoms with Crippen LogP contribution in [0, 0.1) is 5.92 Å². The first-order valence-electron chi connectivity index (χ1n) is 5.83. The Bertz CT molecular complexity index is 219. The van der Waals surface area contributed by atoms with E-state index in [4.69, 9.17) is 0 Å². The SMILES string of the molecule is CCN1CCNC(CC2CCC2)C1=O.Cl. The third-order valence-electron chi connectivity index (χ3n) is 3.56. The molecular formula is C11H21ClN2O. The summed E-state index contributed by atoms with van der Waals surface area (Å²) in [4.78, 5) is 13.9. The normalized spacial score (nSPS) is 27.1. The fourth-order valence-electron chi connectivity index (χ4n) is 2.35. The highest BCUT2D eigenvalue weighted by Gasteiger charge is 2.31. The molecule has 1 saturated carbocycles. The average Bonchev–Trinajstić information content (AvgIpc) is 2.13. The number of amides is 1. The van der Waals surface area contributed by atoms with E-state index in [0.717, 1.165) is 32.0 Å². The Morgan fingerprint density at radius 2 is 2.20 bits per heavy atom. The van der Waals surface area contributed by atoms with E-state index in [1.807, 2.05) is 4.90 Å². The summed E-state index contributed by atoms with van der Waals surface area (Å²) in [5.74, 6) is 1.14. The minimum Gasteiger partial charge on any atom is -0.340 e. The third kappa shape index (κ3) is 2.85. The van der Waals surface area contributed by atoms with Crippen LogP contribution in [0.2, 0.25) is 0 Å². The van der Waals surface area contributed by atoms with Crippen LogP contribution in [0.5, 0.6) is 0 Å². The van der Waals surface area contributed by atoms with E-state index in [9.17, 15) is 4.79 Å². The zero-order valence-electron chi connectivity index (χ0n) is 9.37. The van der Waals surface area contributed by atoms with E-state index in [1.54, 1.807) is 0 Å². The second-order valence-corrected chi connectivity index (χ2v) is 4.46. The molecular weight excluding hydrogens is 212 g/mol. The van der Waals surface area contributed by atoms with E-state index in [0.29, 0.717) is 5.91 Å². The number of rotatable bonds is 3.